The van der Waals surface area contributed by atoms with E-state index < -0.39 is 0 Å². The molecule has 2 N–H and O–H groups in total. The van der Waals surface area contributed by atoms with Crippen LogP contribution in [-0.4, -0.2) is 29.4 Å². The summed E-state index contributed by atoms with van der Waals surface area (Å²) in [6, 6.07) is 0.551. The standard InChI is InChI=1S/C12H24N2O/c1-4-10(13)7-12(15)14(8-9(2)3)11-5-6-11/h9-11H,4-8,13H2,1-3H3. The van der Waals surface area contributed by atoms with Gasteiger partial charge < -0.3 is 10.6 Å². The van der Waals surface area contributed by atoms with Gasteiger partial charge >= 0.3 is 0 Å². The average molecular weight is 212 g/mol. The third kappa shape index (κ3) is 4.20. The Balaban J connectivity index is 2.44. The molecule has 0 aromatic carbocycles. The molecule has 1 aliphatic carbocycles. The SMILES string of the molecule is CCC(N)CC(=O)N(CC(C)C)C1CC1. The quantitative estimate of drug-likeness (QED) is 0.729. The van der Waals surface area contributed by atoms with Gasteiger partial charge in [0.2, 0.25) is 5.91 Å². The van der Waals surface area contributed by atoms with Crippen LogP contribution in [0.4, 0.5) is 0 Å². The first-order chi connectivity index (χ1) is 7.04. The number of rotatable bonds is 6. The number of hydrogen-bond donors (Lipinski definition) is 1. The molecule has 0 bridgehead atoms. The van der Waals surface area contributed by atoms with Crippen molar-refractivity contribution in [3.63, 3.8) is 0 Å². The highest BCUT2D eigenvalue weighted by Gasteiger charge is 2.32. The summed E-state index contributed by atoms with van der Waals surface area (Å²) >= 11 is 0. The summed E-state index contributed by atoms with van der Waals surface area (Å²) < 4.78 is 0. The largest absolute Gasteiger partial charge is 0.339 e. The Bertz CT molecular complexity index is 212. The summed E-state index contributed by atoms with van der Waals surface area (Å²) in [4.78, 5) is 14.0. The van der Waals surface area contributed by atoms with Crippen molar-refractivity contribution in [2.75, 3.05) is 6.54 Å². The monoisotopic (exact) mass is 212 g/mol. The Hall–Kier alpha value is -0.570. The smallest absolute Gasteiger partial charge is 0.224 e. The Morgan fingerprint density at radius 1 is 1.47 bits per heavy atom. The molecule has 15 heavy (non-hydrogen) atoms. The summed E-state index contributed by atoms with van der Waals surface area (Å²) in [7, 11) is 0. The molecule has 0 saturated heterocycles. The Labute approximate surface area is 93.0 Å². The second-order valence-corrected chi connectivity index (χ2v) is 5.04. The van der Waals surface area contributed by atoms with Crippen LogP contribution in [0.1, 0.15) is 46.5 Å². The van der Waals surface area contributed by atoms with E-state index in [1.54, 1.807) is 0 Å². The molecule has 1 saturated carbocycles. The molecule has 88 valence electrons. The molecule has 1 amide bonds. The van der Waals surface area contributed by atoms with Crippen molar-refractivity contribution in [2.24, 2.45) is 11.7 Å². The van der Waals surface area contributed by atoms with Crippen LogP contribution in [0.5, 0.6) is 0 Å². The van der Waals surface area contributed by atoms with Gasteiger partial charge in [-0.05, 0) is 25.2 Å². The Morgan fingerprint density at radius 3 is 2.47 bits per heavy atom. The minimum atomic E-state index is 0.0333. The van der Waals surface area contributed by atoms with Crippen LogP contribution >= 0.6 is 0 Å². The lowest BCUT2D eigenvalue weighted by atomic mass is 10.1. The molecule has 0 heterocycles. The molecule has 3 heteroatoms. The van der Waals surface area contributed by atoms with Crippen molar-refractivity contribution in [2.45, 2.75) is 58.5 Å². The first kappa shape index (κ1) is 12.5. The minimum absolute atomic E-state index is 0.0333. The van der Waals surface area contributed by atoms with Gasteiger partial charge in [0.1, 0.15) is 0 Å². The van der Waals surface area contributed by atoms with Crippen LogP contribution in [0.2, 0.25) is 0 Å². The van der Waals surface area contributed by atoms with Gasteiger partial charge in [0.25, 0.3) is 0 Å². The maximum atomic E-state index is 12.0. The Kier molecular flexibility index (Phi) is 4.58. The molecule has 1 rings (SSSR count). The van der Waals surface area contributed by atoms with Crippen LogP contribution in [0.15, 0.2) is 0 Å². The van der Waals surface area contributed by atoms with Crippen LogP contribution in [0, 0.1) is 5.92 Å². The van der Waals surface area contributed by atoms with Crippen molar-refractivity contribution in [3.8, 4) is 0 Å². The van der Waals surface area contributed by atoms with Gasteiger partial charge in [0.05, 0.1) is 0 Å². The van der Waals surface area contributed by atoms with E-state index in [2.05, 4.69) is 13.8 Å². The first-order valence-corrected chi connectivity index (χ1v) is 6.09. The number of nitrogens with zero attached hydrogens (tertiary/aromatic N) is 1. The van der Waals surface area contributed by atoms with Gasteiger partial charge in [-0.3, -0.25) is 4.79 Å². The van der Waals surface area contributed by atoms with E-state index in [1.807, 2.05) is 11.8 Å². The van der Waals surface area contributed by atoms with Gasteiger partial charge in [-0.1, -0.05) is 20.8 Å². The highest BCUT2D eigenvalue weighted by Crippen LogP contribution is 2.28. The minimum Gasteiger partial charge on any atom is -0.339 e. The molecular weight excluding hydrogens is 188 g/mol. The van der Waals surface area contributed by atoms with E-state index in [1.165, 1.54) is 12.8 Å². The molecule has 0 aromatic heterocycles. The summed E-state index contributed by atoms with van der Waals surface area (Å²) in [5.74, 6) is 0.799. The lowest BCUT2D eigenvalue weighted by molar-refractivity contribution is -0.132. The second kappa shape index (κ2) is 5.50. The zero-order valence-corrected chi connectivity index (χ0v) is 10.2. The molecule has 0 aliphatic heterocycles. The second-order valence-electron chi connectivity index (χ2n) is 5.04. The van der Waals surface area contributed by atoms with E-state index in [9.17, 15) is 4.79 Å². The number of amides is 1. The fourth-order valence-corrected chi connectivity index (χ4v) is 1.72. The predicted molar refractivity (Wildman–Crippen MR) is 62.5 cm³/mol. The summed E-state index contributed by atoms with van der Waals surface area (Å²) in [5, 5.41) is 0. The highest BCUT2D eigenvalue weighted by molar-refractivity contribution is 5.77. The van der Waals surface area contributed by atoms with E-state index in [0.29, 0.717) is 18.4 Å². The summed E-state index contributed by atoms with van der Waals surface area (Å²) in [6.07, 6.45) is 3.76. The van der Waals surface area contributed by atoms with Gasteiger partial charge in [-0.2, -0.15) is 0 Å². The number of hydrogen-bond acceptors (Lipinski definition) is 2. The average Bonchev–Trinajstić information content (AvgIpc) is 2.96. The van der Waals surface area contributed by atoms with Crippen LogP contribution < -0.4 is 5.73 Å². The molecular formula is C12H24N2O. The number of nitrogens with two attached hydrogens (primary N) is 1. The molecule has 1 unspecified atom stereocenters. The third-order valence-electron chi connectivity index (χ3n) is 2.83. The van der Waals surface area contributed by atoms with E-state index >= 15 is 0 Å². The molecule has 0 spiro atoms. The first-order valence-electron chi connectivity index (χ1n) is 6.09. The van der Waals surface area contributed by atoms with Gasteiger partial charge in [-0.15, -0.1) is 0 Å². The van der Waals surface area contributed by atoms with Crippen LogP contribution in [-0.2, 0) is 4.79 Å². The predicted octanol–water partition coefficient (Wildman–Crippen LogP) is 1.76. The molecule has 3 nitrogen and oxygen atoms in total. The van der Waals surface area contributed by atoms with Gasteiger partial charge in [0, 0.05) is 25.0 Å². The molecule has 1 atom stereocenters. The van der Waals surface area contributed by atoms with Gasteiger partial charge in [0.15, 0.2) is 0 Å². The van der Waals surface area contributed by atoms with E-state index in [4.69, 9.17) is 5.73 Å². The van der Waals surface area contributed by atoms with Crippen LogP contribution in [0.3, 0.4) is 0 Å². The number of carbonyl (C=O) groups is 1. The van der Waals surface area contributed by atoms with Gasteiger partial charge in [-0.25, -0.2) is 0 Å². The number of carbonyl (C=O) groups excluding carboxylic acids is 1. The lowest BCUT2D eigenvalue weighted by Crippen LogP contribution is -2.39. The van der Waals surface area contributed by atoms with Crippen molar-refractivity contribution < 1.29 is 4.79 Å². The van der Waals surface area contributed by atoms with Crippen molar-refractivity contribution in [1.29, 1.82) is 0 Å². The van der Waals surface area contributed by atoms with Crippen molar-refractivity contribution in [1.82, 2.24) is 4.90 Å². The van der Waals surface area contributed by atoms with E-state index in [-0.39, 0.29) is 11.9 Å². The molecule has 1 aliphatic rings. The third-order valence-corrected chi connectivity index (χ3v) is 2.83. The topological polar surface area (TPSA) is 46.3 Å². The van der Waals surface area contributed by atoms with Crippen molar-refractivity contribution >= 4 is 5.91 Å². The lowest BCUT2D eigenvalue weighted by Gasteiger charge is -2.25. The molecule has 0 aromatic rings. The van der Waals surface area contributed by atoms with Crippen LogP contribution in [0.25, 0.3) is 0 Å². The van der Waals surface area contributed by atoms with E-state index in [0.717, 1.165) is 13.0 Å². The zero-order chi connectivity index (χ0) is 11.4. The maximum absolute atomic E-state index is 12.0. The zero-order valence-electron chi connectivity index (χ0n) is 10.2. The normalized spacial score (nSPS) is 17.9. The Morgan fingerprint density at radius 2 is 2.07 bits per heavy atom. The fourth-order valence-electron chi connectivity index (χ4n) is 1.72. The summed E-state index contributed by atoms with van der Waals surface area (Å²) in [6.45, 7) is 7.23. The summed E-state index contributed by atoms with van der Waals surface area (Å²) in [5.41, 5.74) is 5.82. The molecule has 1 fully saturated rings. The van der Waals surface area contributed by atoms with Crippen molar-refractivity contribution in [3.05, 3.63) is 0 Å². The highest BCUT2D eigenvalue weighted by atomic mass is 16.2. The fraction of sp³-hybridized carbons (Fsp3) is 0.917. The molecule has 0 radical (unpaired) electrons. The maximum Gasteiger partial charge on any atom is 0.224 e.